The second-order valence-electron chi connectivity index (χ2n) is 6.62. The van der Waals surface area contributed by atoms with E-state index in [1.54, 1.807) is 48.7 Å². The monoisotopic (exact) mass is 417 g/mol. The first-order chi connectivity index (χ1) is 14.5. The second-order valence-corrected chi connectivity index (χ2v) is 7.06. The van der Waals surface area contributed by atoms with Crippen molar-refractivity contribution in [2.45, 2.75) is 6.92 Å². The van der Waals surface area contributed by atoms with E-state index in [4.69, 9.17) is 16.0 Å². The van der Waals surface area contributed by atoms with E-state index in [0.29, 0.717) is 22.0 Å². The van der Waals surface area contributed by atoms with Gasteiger partial charge in [-0.1, -0.05) is 35.9 Å². The van der Waals surface area contributed by atoms with Crippen LogP contribution < -0.4 is 0 Å². The Morgan fingerprint density at radius 3 is 2.83 bits per heavy atom. The predicted octanol–water partition coefficient (Wildman–Crippen LogP) is 6.78. The summed E-state index contributed by atoms with van der Waals surface area (Å²) in [5, 5.41) is 11.5. The molecule has 148 valence electrons. The minimum atomic E-state index is -0.416. The molecule has 4 rings (SSSR count). The lowest BCUT2D eigenvalue weighted by molar-refractivity contribution is -0.384. The van der Waals surface area contributed by atoms with Gasteiger partial charge < -0.3 is 4.42 Å². The fourth-order valence-corrected chi connectivity index (χ4v) is 3.09. The van der Waals surface area contributed by atoms with Gasteiger partial charge in [-0.15, -0.1) is 0 Å². The molecule has 6 nitrogen and oxygen atoms in total. The Bertz CT molecular complexity index is 1310. The third kappa shape index (κ3) is 4.29. The number of benzene rings is 3. The van der Waals surface area contributed by atoms with Crippen LogP contribution in [0.4, 0.5) is 11.4 Å². The van der Waals surface area contributed by atoms with Crippen LogP contribution in [-0.2, 0) is 0 Å². The molecule has 0 fully saturated rings. The van der Waals surface area contributed by atoms with E-state index >= 15 is 0 Å². The standard InChI is InChI=1S/C23H16ClN3O3/c1-15-7-8-17(23-26-21-14-18(24)9-10-22(21)30-23)13-20(15)25-11-3-5-16-4-2-6-19(12-16)27(28)29/h2-14H,1H3/b5-3+,25-11?. The van der Waals surface area contributed by atoms with Crippen molar-refractivity contribution >= 4 is 46.4 Å². The molecule has 0 aliphatic heterocycles. The summed E-state index contributed by atoms with van der Waals surface area (Å²) >= 11 is 6.02. The van der Waals surface area contributed by atoms with Crippen LogP contribution in [0.1, 0.15) is 11.1 Å². The first-order valence-electron chi connectivity index (χ1n) is 9.12. The summed E-state index contributed by atoms with van der Waals surface area (Å²) in [6.07, 6.45) is 5.16. The minimum Gasteiger partial charge on any atom is -0.436 e. The lowest BCUT2D eigenvalue weighted by atomic mass is 10.1. The topological polar surface area (TPSA) is 81.5 Å². The van der Waals surface area contributed by atoms with E-state index in [-0.39, 0.29) is 5.69 Å². The quantitative estimate of drug-likeness (QED) is 0.203. The Morgan fingerprint density at radius 2 is 2.00 bits per heavy atom. The fraction of sp³-hybridized carbons (Fsp3) is 0.0435. The zero-order valence-electron chi connectivity index (χ0n) is 15.9. The number of nitro groups is 1. The number of aryl methyl sites for hydroxylation is 1. The highest BCUT2D eigenvalue weighted by Gasteiger charge is 2.10. The first kappa shape index (κ1) is 19.5. The lowest BCUT2D eigenvalue weighted by Gasteiger charge is -2.02. The molecule has 0 radical (unpaired) electrons. The van der Waals surface area contributed by atoms with Gasteiger partial charge in [0.2, 0.25) is 5.89 Å². The summed E-state index contributed by atoms with van der Waals surface area (Å²) in [5.41, 5.74) is 4.73. The number of non-ortho nitro benzene ring substituents is 1. The molecule has 0 atom stereocenters. The van der Waals surface area contributed by atoms with Gasteiger partial charge in [0.05, 0.1) is 10.6 Å². The highest BCUT2D eigenvalue weighted by molar-refractivity contribution is 6.31. The van der Waals surface area contributed by atoms with Gasteiger partial charge in [0, 0.05) is 28.9 Å². The summed E-state index contributed by atoms with van der Waals surface area (Å²) in [6, 6.07) is 17.5. The van der Waals surface area contributed by atoms with Crippen molar-refractivity contribution in [3.8, 4) is 11.5 Å². The Hall–Kier alpha value is -3.77. The maximum absolute atomic E-state index is 10.9. The van der Waals surface area contributed by atoms with E-state index in [2.05, 4.69) is 9.98 Å². The van der Waals surface area contributed by atoms with Gasteiger partial charge in [-0.25, -0.2) is 4.98 Å². The number of nitrogens with zero attached hydrogens (tertiary/aromatic N) is 3. The zero-order chi connectivity index (χ0) is 21.1. The van der Waals surface area contributed by atoms with Crippen LogP contribution >= 0.6 is 11.6 Å². The summed E-state index contributed by atoms with van der Waals surface area (Å²) < 4.78 is 5.83. The maximum Gasteiger partial charge on any atom is 0.270 e. The van der Waals surface area contributed by atoms with E-state index in [9.17, 15) is 10.1 Å². The molecule has 3 aromatic carbocycles. The van der Waals surface area contributed by atoms with Gasteiger partial charge in [-0.2, -0.15) is 0 Å². The Balaban J connectivity index is 1.57. The SMILES string of the molecule is Cc1ccc(-c2nc3cc(Cl)ccc3o2)cc1N=C/C=C/c1cccc([N+](=O)[O-])c1. The Kier molecular flexibility index (Phi) is 5.41. The molecular formula is C23H16ClN3O3. The number of hydrogen-bond donors (Lipinski definition) is 0. The van der Waals surface area contributed by atoms with Crippen LogP contribution in [0.25, 0.3) is 28.6 Å². The number of aliphatic imine (C=N–C) groups is 1. The van der Waals surface area contributed by atoms with Crippen molar-refractivity contribution in [3.63, 3.8) is 0 Å². The van der Waals surface area contributed by atoms with Gasteiger partial charge in [0.15, 0.2) is 5.58 Å². The number of aromatic nitrogens is 1. The smallest absolute Gasteiger partial charge is 0.270 e. The minimum absolute atomic E-state index is 0.0530. The van der Waals surface area contributed by atoms with Crippen LogP contribution in [-0.4, -0.2) is 16.1 Å². The van der Waals surface area contributed by atoms with Crippen molar-refractivity contribution in [1.82, 2.24) is 4.98 Å². The van der Waals surface area contributed by atoms with Gasteiger partial charge in [0.1, 0.15) is 5.52 Å². The number of hydrogen-bond acceptors (Lipinski definition) is 5. The fourth-order valence-electron chi connectivity index (χ4n) is 2.93. The number of oxazole rings is 1. The Labute approximate surface area is 177 Å². The normalized spacial score (nSPS) is 11.7. The number of nitro benzene ring substituents is 1. The van der Waals surface area contributed by atoms with Crippen LogP contribution in [0.3, 0.4) is 0 Å². The van der Waals surface area contributed by atoms with Crippen LogP contribution in [0.15, 0.2) is 76.1 Å². The van der Waals surface area contributed by atoms with Crippen molar-refractivity contribution in [3.05, 3.63) is 93.0 Å². The second kappa shape index (κ2) is 8.31. The molecule has 7 heteroatoms. The number of halogens is 1. The largest absolute Gasteiger partial charge is 0.436 e. The lowest BCUT2D eigenvalue weighted by Crippen LogP contribution is -1.87. The maximum atomic E-state index is 10.9. The molecule has 1 aromatic heterocycles. The molecule has 0 aliphatic carbocycles. The molecule has 0 amide bonds. The summed E-state index contributed by atoms with van der Waals surface area (Å²) in [4.78, 5) is 19.4. The van der Waals surface area contributed by atoms with Crippen LogP contribution in [0, 0.1) is 17.0 Å². The molecule has 0 saturated carbocycles. The molecule has 4 aromatic rings. The number of allylic oxidation sites excluding steroid dienone is 1. The molecule has 0 aliphatic rings. The third-order valence-corrected chi connectivity index (χ3v) is 4.71. The Morgan fingerprint density at radius 1 is 1.13 bits per heavy atom. The average Bonchev–Trinajstić information content (AvgIpc) is 3.15. The summed E-state index contributed by atoms with van der Waals surface area (Å²) in [5.74, 6) is 0.496. The molecule has 1 heterocycles. The molecular weight excluding hydrogens is 402 g/mol. The molecule has 0 unspecified atom stereocenters. The van der Waals surface area contributed by atoms with Gasteiger partial charge in [-0.05, 0) is 54.5 Å². The van der Waals surface area contributed by atoms with Crippen LogP contribution in [0.5, 0.6) is 0 Å². The van der Waals surface area contributed by atoms with Gasteiger partial charge in [0.25, 0.3) is 5.69 Å². The van der Waals surface area contributed by atoms with Crippen molar-refractivity contribution in [2.24, 2.45) is 4.99 Å². The first-order valence-corrected chi connectivity index (χ1v) is 9.50. The van der Waals surface area contributed by atoms with Gasteiger partial charge >= 0.3 is 0 Å². The molecule has 30 heavy (non-hydrogen) atoms. The highest BCUT2D eigenvalue weighted by atomic mass is 35.5. The van der Waals surface area contributed by atoms with Crippen molar-refractivity contribution in [2.75, 3.05) is 0 Å². The van der Waals surface area contributed by atoms with Crippen molar-refractivity contribution in [1.29, 1.82) is 0 Å². The molecule has 0 spiro atoms. The van der Waals surface area contributed by atoms with Gasteiger partial charge in [-0.3, -0.25) is 15.1 Å². The predicted molar refractivity (Wildman–Crippen MR) is 119 cm³/mol. The summed E-state index contributed by atoms with van der Waals surface area (Å²) in [6.45, 7) is 1.96. The number of rotatable bonds is 5. The van der Waals surface area contributed by atoms with E-state index < -0.39 is 4.92 Å². The molecule has 0 saturated heterocycles. The third-order valence-electron chi connectivity index (χ3n) is 4.48. The molecule has 0 bridgehead atoms. The molecule has 0 N–H and O–H groups in total. The summed E-state index contributed by atoms with van der Waals surface area (Å²) in [7, 11) is 0. The van der Waals surface area contributed by atoms with E-state index in [0.717, 1.165) is 22.4 Å². The van der Waals surface area contributed by atoms with Crippen molar-refractivity contribution < 1.29 is 9.34 Å². The van der Waals surface area contributed by atoms with E-state index in [1.165, 1.54) is 12.1 Å². The van der Waals surface area contributed by atoms with Crippen LogP contribution in [0.2, 0.25) is 5.02 Å². The highest BCUT2D eigenvalue weighted by Crippen LogP contribution is 2.30. The average molecular weight is 418 g/mol. The van der Waals surface area contributed by atoms with E-state index in [1.807, 2.05) is 25.1 Å². The zero-order valence-corrected chi connectivity index (χ0v) is 16.7. The number of fused-ring (bicyclic) bond motifs is 1.